The lowest BCUT2D eigenvalue weighted by atomic mass is 10.3. The Balaban J connectivity index is 2.42. The molecule has 0 fully saturated rings. The van der Waals surface area contributed by atoms with Gasteiger partial charge < -0.3 is 0 Å². The Morgan fingerprint density at radius 3 is 3.00 bits per heavy atom. The van der Waals surface area contributed by atoms with E-state index in [9.17, 15) is 0 Å². The van der Waals surface area contributed by atoms with Crippen LogP contribution in [0.5, 0.6) is 0 Å². The summed E-state index contributed by atoms with van der Waals surface area (Å²) in [4.78, 5) is 1.32. The quantitative estimate of drug-likeness (QED) is 0.696. The Morgan fingerprint density at radius 1 is 1.70 bits per heavy atom. The van der Waals surface area contributed by atoms with Gasteiger partial charge in [-0.2, -0.15) is 16.1 Å². The summed E-state index contributed by atoms with van der Waals surface area (Å²) in [6.07, 6.45) is 3.24. The molecule has 0 saturated heterocycles. The van der Waals surface area contributed by atoms with Gasteiger partial charge in [0, 0.05) is 4.88 Å². The lowest BCUT2D eigenvalue weighted by molar-refractivity contribution is 1.10. The van der Waals surface area contributed by atoms with Gasteiger partial charge in [0.25, 0.3) is 0 Å². The second kappa shape index (κ2) is 3.98. The smallest absolute Gasteiger partial charge is 0.0553 e. The Hall–Kier alpha value is -0.0200. The van der Waals surface area contributed by atoms with E-state index in [2.05, 4.69) is 23.6 Å². The molecule has 0 N–H and O–H groups in total. The van der Waals surface area contributed by atoms with E-state index in [1.54, 1.807) is 11.5 Å². The fraction of sp³-hybridized carbons (Fsp3) is 0.571. The van der Waals surface area contributed by atoms with Crippen molar-refractivity contribution in [3.63, 3.8) is 0 Å². The third kappa shape index (κ3) is 2.31. The number of thioether (sulfide) groups is 1. The van der Waals surface area contributed by atoms with Crippen molar-refractivity contribution in [3.8, 4) is 0 Å². The molecule has 3 heteroatoms. The maximum Gasteiger partial charge on any atom is 0.0553 e. The largest absolute Gasteiger partial charge is 0.197 e. The molecule has 0 aromatic carbocycles. The van der Waals surface area contributed by atoms with Gasteiger partial charge in [-0.3, -0.25) is 0 Å². The third-order valence-corrected chi connectivity index (χ3v) is 2.58. The van der Waals surface area contributed by atoms with Crippen molar-refractivity contribution in [2.24, 2.45) is 0 Å². The highest BCUT2D eigenvalue weighted by molar-refractivity contribution is 7.98. The van der Waals surface area contributed by atoms with Crippen LogP contribution in [0.3, 0.4) is 0 Å². The van der Waals surface area contributed by atoms with Gasteiger partial charge >= 0.3 is 0 Å². The molecule has 0 amide bonds. The zero-order valence-electron chi connectivity index (χ0n) is 6.26. The zero-order chi connectivity index (χ0) is 7.40. The maximum atomic E-state index is 4.28. The first kappa shape index (κ1) is 8.08. The minimum absolute atomic E-state index is 1.12. The SMILES string of the molecule is CSCCc1cc(C)sn1. The van der Waals surface area contributed by atoms with E-state index in [0.29, 0.717) is 0 Å². The fourth-order valence-electron chi connectivity index (χ4n) is 0.742. The van der Waals surface area contributed by atoms with Crippen LogP contribution in [0.1, 0.15) is 10.6 Å². The highest BCUT2D eigenvalue weighted by Crippen LogP contribution is 2.09. The molecule has 1 nitrogen and oxygen atoms in total. The van der Waals surface area contributed by atoms with E-state index in [-0.39, 0.29) is 0 Å². The Kier molecular flexibility index (Phi) is 3.22. The molecule has 56 valence electrons. The van der Waals surface area contributed by atoms with Crippen LogP contribution in [0.25, 0.3) is 0 Å². The van der Waals surface area contributed by atoms with Crippen molar-refractivity contribution in [2.75, 3.05) is 12.0 Å². The molecule has 0 aliphatic carbocycles. The highest BCUT2D eigenvalue weighted by atomic mass is 32.2. The lowest BCUT2D eigenvalue weighted by Crippen LogP contribution is -1.85. The summed E-state index contributed by atoms with van der Waals surface area (Å²) in [5.74, 6) is 1.18. The Morgan fingerprint density at radius 2 is 2.50 bits per heavy atom. The van der Waals surface area contributed by atoms with E-state index < -0.39 is 0 Å². The van der Waals surface area contributed by atoms with Crippen LogP contribution in [-0.4, -0.2) is 16.4 Å². The van der Waals surface area contributed by atoms with Crippen molar-refractivity contribution in [1.29, 1.82) is 0 Å². The summed E-state index contributed by atoms with van der Waals surface area (Å²) < 4.78 is 4.28. The molecule has 0 aliphatic heterocycles. The molecule has 0 radical (unpaired) electrons. The van der Waals surface area contributed by atoms with Crippen LogP contribution in [0, 0.1) is 6.92 Å². The summed E-state index contributed by atoms with van der Waals surface area (Å²) in [5.41, 5.74) is 1.25. The van der Waals surface area contributed by atoms with Crippen LogP contribution in [-0.2, 0) is 6.42 Å². The van der Waals surface area contributed by atoms with Gasteiger partial charge in [-0.25, -0.2) is 0 Å². The summed E-state index contributed by atoms with van der Waals surface area (Å²) in [6.45, 7) is 2.10. The molecule has 0 saturated carbocycles. The number of hydrogen-bond donors (Lipinski definition) is 0. The van der Waals surface area contributed by atoms with Crippen molar-refractivity contribution >= 4 is 23.3 Å². The van der Waals surface area contributed by atoms with Crippen LogP contribution in [0.2, 0.25) is 0 Å². The molecule has 1 heterocycles. The second-order valence-corrected chi connectivity index (χ2v) is 4.17. The van der Waals surface area contributed by atoms with Gasteiger partial charge in [0.2, 0.25) is 0 Å². The molecule has 10 heavy (non-hydrogen) atoms. The number of hydrogen-bond acceptors (Lipinski definition) is 3. The second-order valence-electron chi connectivity index (χ2n) is 2.17. The van der Waals surface area contributed by atoms with Crippen molar-refractivity contribution in [2.45, 2.75) is 13.3 Å². The van der Waals surface area contributed by atoms with Gasteiger partial charge in [-0.15, -0.1) is 0 Å². The topological polar surface area (TPSA) is 12.9 Å². The van der Waals surface area contributed by atoms with Crippen molar-refractivity contribution in [1.82, 2.24) is 4.37 Å². The number of rotatable bonds is 3. The van der Waals surface area contributed by atoms with E-state index >= 15 is 0 Å². The molecular weight excluding hydrogens is 162 g/mol. The average Bonchev–Trinajstić information content (AvgIpc) is 2.31. The highest BCUT2D eigenvalue weighted by Gasteiger charge is 1.95. The first-order valence-corrected chi connectivity index (χ1v) is 5.41. The van der Waals surface area contributed by atoms with Gasteiger partial charge in [0.1, 0.15) is 0 Å². The monoisotopic (exact) mass is 173 g/mol. The molecule has 0 spiro atoms. The first-order chi connectivity index (χ1) is 4.83. The minimum Gasteiger partial charge on any atom is -0.197 e. The van der Waals surface area contributed by atoms with E-state index in [1.807, 2.05) is 11.8 Å². The number of nitrogens with zero attached hydrogens (tertiary/aromatic N) is 1. The zero-order valence-corrected chi connectivity index (χ0v) is 7.89. The van der Waals surface area contributed by atoms with Gasteiger partial charge in [0.15, 0.2) is 0 Å². The Bertz CT molecular complexity index is 195. The summed E-state index contributed by atoms with van der Waals surface area (Å²) in [6, 6.07) is 2.17. The number of aryl methyl sites for hydroxylation is 2. The standard InChI is InChI=1S/C7H11NS2/c1-6-5-7(8-10-6)3-4-9-2/h5H,3-4H2,1-2H3. The molecular formula is C7H11NS2. The van der Waals surface area contributed by atoms with E-state index in [0.717, 1.165) is 6.42 Å². The lowest BCUT2D eigenvalue weighted by Gasteiger charge is -1.89. The number of aromatic nitrogens is 1. The fourth-order valence-corrected chi connectivity index (χ4v) is 1.75. The molecule has 0 aliphatic rings. The molecule has 1 aromatic heterocycles. The van der Waals surface area contributed by atoms with Gasteiger partial charge in [-0.05, 0) is 43.0 Å². The van der Waals surface area contributed by atoms with E-state index in [1.165, 1.54) is 16.3 Å². The molecule has 0 bridgehead atoms. The summed E-state index contributed by atoms with van der Waals surface area (Å²) in [7, 11) is 0. The van der Waals surface area contributed by atoms with Crippen molar-refractivity contribution in [3.05, 3.63) is 16.6 Å². The molecule has 1 aromatic rings. The van der Waals surface area contributed by atoms with Gasteiger partial charge in [0.05, 0.1) is 5.69 Å². The third-order valence-electron chi connectivity index (χ3n) is 1.24. The van der Waals surface area contributed by atoms with Gasteiger partial charge in [-0.1, -0.05) is 0 Å². The molecule has 1 rings (SSSR count). The molecule has 0 unspecified atom stereocenters. The van der Waals surface area contributed by atoms with Crippen LogP contribution < -0.4 is 0 Å². The average molecular weight is 173 g/mol. The summed E-state index contributed by atoms with van der Waals surface area (Å²) >= 11 is 3.47. The molecule has 0 atom stereocenters. The Labute approximate surface area is 70.0 Å². The van der Waals surface area contributed by atoms with Crippen LogP contribution in [0.15, 0.2) is 6.07 Å². The van der Waals surface area contributed by atoms with Crippen molar-refractivity contribution < 1.29 is 0 Å². The predicted octanol–water partition coefficient (Wildman–Crippen LogP) is 2.36. The predicted molar refractivity (Wildman–Crippen MR) is 48.9 cm³/mol. The van der Waals surface area contributed by atoms with E-state index in [4.69, 9.17) is 0 Å². The first-order valence-electron chi connectivity index (χ1n) is 3.24. The summed E-state index contributed by atoms with van der Waals surface area (Å²) in [5, 5.41) is 0. The normalized spacial score (nSPS) is 10.2. The van der Waals surface area contributed by atoms with Crippen LogP contribution >= 0.6 is 23.3 Å². The maximum absolute atomic E-state index is 4.28. The van der Waals surface area contributed by atoms with Crippen LogP contribution in [0.4, 0.5) is 0 Å². The minimum atomic E-state index is 1.12.